The van der Waals surface area contributed by atoms with E-state index in [1.165, 1.54) is 28.3 Å². The minimum absolute atomic E-state index is 0.780. The molecule has 1 heterocycles. The van der Waals surface area contributed by atoms with Gasteiger partial charge in [0.1, 0.15) is 0 Å². The van der Waals surface area contributed by atoms with Gasteiger partial charge >= 0.3 is 0 Å². The zero-order chi connectivity index (χ0) is 10.8. The molecule has 1 aliphatic rings. The first-order valence-electron chi connectivity index (χ1n) is 5.55. The average molecular weight is 247 g/mol. The molecule has 1 fully saturated rings. The highest BCUT2D eigenvalue weighted by Gasteiger charge is 2.26. The van der Waals surface area contributed by atoms with Gasteiger partial charge in [0.15, 0.2) is 0 Å². The Morgan fingerprint density at radius 1 is 1.25 bits per heavy atom. The number of aromatic nitrogens is 1. The van der Waals surface area contributed by atoms with Gasteiger partial charge in [0.2, 0.25) is 0 Å². The van der Waals surface area contributed by atoms with Crippen LogP contribution >= 0.6 is 23.3 Å². The Morgan fingerprint density at radius 3 is 2.81 bits per heavy atom. The highest BCUT2D eigenvalue weighted by Crippen LogP contribution is 2.41. The second-order valence-corrected chi connectivity index (χ2v) is 6.20. The molecule has 1 aromatic heterocycles. The smallest absolute Gasteiger partial charge is 0.0812 e. The van der Waals surface area contributed by atoms with Crippen molar-refractivity contribution in [3.8, 4) is 0 Å². The van der Waals surface area contributed by atoms with E-state index in [-0.39, 0.29) is 0 Å². The van der Waals surface area contributed by atoms with Crippen LogP contribution in [0.2, 0.25) is 0 Å². The van der Waals surface area contributed by atoms with Crippen molar-refractivity contribution < 1.29 is 0 Å². The van der Waals surface area contributed by atoms with Crippen LogP contribution in [0.4, 0.5) is 0 Å². The van der Waals surface area contributed by atoms with Gasteiger partial charge in [-0.2, -0.15) is 4.37 Å². The van der Waals surface area contributed by atoms with E-state index in [1.54, 1.807) is 11.5 Å². The predicted molar refractivity (Wildman–Crippen MR) is 70.1 cm³/mol. The second kappa shape index (κ2) is 4.60. The molecule has 3 rings (SSSR count). The molecule has 0 unspecified atom stereocenters. The van der Waals surface area contributed by atoms with Crippen molar-refractivity contribution in [2.45, 2.75) is 28.7 Å². The molecule has 2 aromatic rings. The van der Waals surface area contributed by atoms with Crippen LogP contribution in [0, 0.1) is 0 Å². The quantitative estimate of drug-likeness (QED) is 0.747. The third kappa shape index (κ3) is 2.47. The van der Waals surface area contributed by atoms with Gasteiger partial charge in [-0.1, -0.05) is 30.3 Å². The summed E-state index contributed by atoms with van der Waals surface area (Å²) in [4.78, 5) is 0. The van der Waals surface area contributed by atoms with E-state index < -0.39 is 0 Å². The lowest BCUT2D eigenvalue weighted by Crippen LogP contribution is -1.77. The third-order valence-corrected chi connectivity index (χ3v) is 4.78. The maximum atomic E-state index is 4.51. The summed E-state index contributed by atoms with van der Waals surface area (Å²) in [5.41, 5.74) is 2.70. The zero-order valence-corrected chi connectivity index (χ0v) is 10.6. The Labute approximate surface area is 104 Å². The van der Waals surface area contributed by atoms with Gasteiger partial charge in [0.25, 0.3) is 0 Å². The molecule has 1 saturated carbocycles. The fourth-order valence-electron chi connectivity index (χ4n) is 1.64. The Bertz CT molecular complexity index is 460. The number of hydrogen-bond donors (Lipinski definition) is 0. The molecule has 16 heavy (non-hydrogen) atoms. The number of nitrogens with zero attached hydrogens (tertiary/aromatic N) is 1. The average Bonchev–Trinajstić information content (AvgIpc) is 3.08. The highest BCUT2D eigenvalue weighted by molar-refractivity contribution is 8.00. The summed E-state index contributed by atoms with van der Waals surface area (Å²) < 4.78 is 5.86. The van der Waals surface area contributed by atoms with Crippen LogP contribution in [0.1, 0.15) is 30.0 Å². The maximum absolute atomic E-state index is 4.51. The number of thioether (sulfide) groups is 1. The molecule has 3 heteroatoms. The monoisotopic (exact) mass is 247 g/mol. The molecule has 0 N–H and O–H groups in total. The fourth-order valence-corrected chi connectivity index (χ4v) is 3.41. The lowest BCUT2D eigenvalue weighted by Gasteiger charge is -1.97. The first-order chi connectivity index (χ1) is 7.92. The molecule has 0 radical (unpaired) electrons. The van der Waals surface area contributed by atoms with Crippen molar-refractivity contribution in [3.63, 3.8) is 0 Å². The molecule has 82 valence electrons. The first kappa shape index (κ1) is 10.4. The van der Waals surface area contributed by atoms with E-state index in [4.69, 9.17) is 0 Å². The Morgan fingerprint density at radius 2 is 2.06 bits per heavy atom. The van der Waals surface area contributed by atoms with E-state index in [1.807, 2.05) is 11.8 Å². The normalized spacial score (nSPS) is 15.2. The number of rotatable bonds is 4. The fraction of sp³-hybridized carbons (Fsp3) is 0.308. The van der Waals surface area contributed by atoms with Crippen LogP contribution < -0.4 is 0 Å². The number of hydrogen-bond acceptors (Lipinski definition) is 3. The molecular formula is C13H13NS2. The molecule has 1 aromatic carbocycles. The minimum Gasteiger partial charge on any atom is -0.196 e. The standard InChI is InChI=1S/C13H13NS2/c1-2-4-10(5-3-1)9-15-13-8-12(14-16-13)11-6-7-11/h1-5,8,11H,6-7,9H2. The molecule has 0 saturated heterocycles. The summed E-state index contributed by atoms with van der Waals surface area (Å²) in [6, 6.07) is 12.9. The van der Waals surface area contributed by atoms with Crippen LogP contribution in [0.5, 0.6) is 0 Å². The summed E-state index contributed by atoms with van der Waals surface area (Å²) in [5, 5.41) is 0. The second-order valence-electron chi connectivity index (χ2n) is 4.12. The van der Waals surface area contributed by atoms with Crippen LogP contribution in [-0.2, 0) is 5.75 Å². The van der Waals surface area contributed by atoms with E-state index in [9.17, 15) is 0 Å². The van der Waals surface area contributed by atoms with Crippen molar-refractivity contribution in [1.29, 1.82) is 0 Å². The molecule has 0 spiro atoms. The molecule has 0 bridgehead atoms. The summed E-state index contributed by atoms with van der Waals surface area (Å²) >= 11 is 3.55. The molecule has 0 aliphatic heterocycles. The van der Waals surface area contributed by atoms with Crippen molar-refractivity contribution >= 4 is 23.3 Å². The Balaban J connectivity index is 1.61. The lowest BCUT2D eigenvalue weighted by atomic mass is 10.2. The summed E-state index contributed by atoms with van der Waals surface area (Å²) in [6.07, 6.45) is 2.68. The zero-order valence-electron chi connectivity index (χ0n) is 8.93. The molecular weight excluding hydrogens is 234 g/mol. The lowest BCUT2D eigenvalue weighted by molar-refractivity contribution is 1.07. The van der Waals surface area contributed by atoms with E-state index in [0.29, 0.717) is 0 Å². The van der Waals surface area contributed by atoms with E-state index >= 15 is 0 Å². The van der Waals surface area contributed by atoms with Crippen molar-refractivity contribution in [1.82, 2.24) is 4.37 Å². The molecule has 1 aliphatic carbocycles. The molecule has 0 atom stereocenters. The molecule has 1 nitrogen and oxygen atoms in total. The highest BCUT2D eigenvalue weighted by atomic mass is 32.2. The van der Waals surface area contributed by atoms with Crippen LogP contribution in [0.25, 0.3) is 0 Å². The van der Waals surface area contributed by atoms with Gasteiger partial charge < -0.3 is 0 Å². The summed E-state index contributed by atoms with van der Waals surface area (Å²) in [7, 11) is 0. The van der Waals surface area contributed by atoms with Crippen LogP contribution in [-0.4, -0.2) is 4.37 Å². The summed E-state index contributed by atoms with van der Waals surface area (Å²) in [6.45, 7) is 0. The van der Waals surface area contributed by atoms with E-state index in [2.05, 4.69) is 40.8 Å². The Hall–Kier alpha value is -0.800. The van der Waals surface area contributed by atoms with Crippen molar-refractivity contribution in [2.75, 3.05) is 0 Å². The maximum Gasteiger partial charge on any atom is 0.0812 e. The van der Waals surface area contributed by atoms with Gasteiger partial charge in [-0.05, 0) is 36.0 Å². The van der Waals surface area contributed by atoms with Gasteiger partial charge in [0, 0.05) is 11.7 Å². The van der Waals surface area contributed by atoms with Crippen LogP contribution in [0.3, 0.4) is 0 Å². The molecule has 0 amide bonds. The van der Waals surface area contributed by atoms with Crippen molar-refractivity contribution in [2.24, 2.45) is 0 Å². The van der Waals surface area contributed by atoms with Crippen LogP contribution in [0.15, 0.2) is 40.6 Å². The largest absolute Gasteiger partial charge is 0.196 e. The predicted octanol–water partition coefficient (Wildman–Crippen LogP) is 4.31. The van der Waals surface area contributed by atoms with Gasteiger partial charge in [-0.3, -0.25) is 0 Å². The summed E-state index contributed by atoms with van der Waals surface area (Å²) in [5.74, 6) is 1.83. The van der Waals surface area contributed by atoms with Gasteiger partial charge in [-0.15, -0.1) is 11.8 Å². The van der Waals surface area contributed by atoms with Gasteiger partial charge in [0.05, 0.1) is 9.90 Å². The van der Waals surface area contributed by atoms with Crippen molar-refractivity contribution in [3.05, 3.63) is 47.7 Å². The first-order valence-corrected chi connectivity index (χ1v) is 7.31. The minimum atomic E-state index is 0.780. The van der Waals surface area contributed by atoms with E-state index in [0.717, 1.165) is 11.7 Å². The SMILES string of the molecule is c1ccc(CSc2cc(C3CC3)ns2)cc1. The topological polar surface area (TPSA) is 12.9 Å². The Kier molecular flexibility index (Phi) is 2.98. The third-order valence-electron chi connectivity index (χ3n) is 2.73. The van der Waals surface area contributed by atoms with Gasteiger partial charge in [-0.25, -0.2) is 0 Å². The number of benzene rings is 1.